The second-order valence-corrected chi connectivity index (χ2v) is 11.3. The van der Waals surface area contributed by atoms with Crippen LogP contribution >= 0.6 is 15.9 Å². The van der Waals surface area contributed by atoms with Crippen molar-refractivity contribution in [1.29, 1.82) is 5.26 Å². The molecule has 2 N–H and O–H groups in total. The quantitative estimate of drug-likeness (QED) is 0.400. The number of carbonyl (C=O) groups is 1. The molecule has 1 atom stereocenters. The number of hydrogen-bond donors (Lipinski definition) is 1. The van der Waals surface area contributed by atoms with Crippen LogP contribution in [-0.2, 0) is 16.1 Å². The Morgan fingerprint density at radius 1 is 1.13 bits per heavy atom. The van der Waals surface area contributed by atoms with Gasteiger partial charge in [0.25, 0.3) is 0 Å². The number of rotatable bonds is 9. The zero-order valence-electron chi connectivity index (χ0n) is 22.3. The lowest BCUT2D eigenvalue weighted by molar-refractivity contribution is -0.118. The maximum Gasteiger partial charge on any atom is 0.162 e. The van der Waals surface area contributed by atoms with E-state index >= 15 is 0 Å². The largest absolute Gasteiger partial charge is 0.490 e. The van der Waals surface area contributed by atoms with E-state index in [1.54, 1.807) is 7.11 Å². The van der Waals surface area contributed by atoms with E-state index < -0.39 is 5.92 Å². The fourth-order valence-corrected chi connectivity index (χ4v) is 5.44. The summed E-state index contributed by atoms with van der Waals surface area (Å²) in [5.41, 5.74) is 10.1. The van der Waals surface area contributed by atoms with Gasteiger partial charge in [0.1, 0.15) is 12.4 Å². The summed E-state index contributed by atoms with van der Waals surface area (Å²) in [7, 11) is 1.62. The molecule has 0 amide bonds. The Morgan fingerprint density at radius 3 is 2.53 bits per heavy atom. The Balaban J connectivity index is 1.76. The summed E-state index contributed by atoms with van der Waals surface area (Å²) in [6.45, 7) is 7.79. The van der Waals surface area contributed by atoms with Crippen molar-refractivity contribution in [3.63, 3.8) is 0 Å². The molecule has 0 fully saturated rings. The highest BCUT2D eigenvalue weighted by Gasteiger charge is 2.44. The van der Waals surface area contributed by atoms with E-state index in [0.29, 0.717) is 67.7 Å². The fraction of sp³-hybridized carbons (Fsp3) is 0.400. The number of nitriles is 1. The molecule has 2 aliphatic rings. The molecular weight excluding hydrogens is 546 g/mol. The van der Waals surface area contributed by atoms with E-state index in [9.17, 15) is 10.1 Å². The fourth-order valence-electron chi connectivity index (χ4n) is 5.18. The Hall–Kier alpha value is -3.28. The molecule has 7 nitrogen and oxygen atoms in total. The number of allylic oxidation sites excluding steroid dienone is 3. The number of nitrogens with zero attached hydrogens (tertiary/aromatic N) is 2. The van der Waals surface area contributed by atoms with E-state index in [1.165, 1.54) is 0 Å². The predicted molar refractivity (Wildman–Crippen MR) is 149 cm³/mol. The summed E-state index contributed by atoms with van der Waals surface area (Å²) in [6, 6.07) is 15.9. The van der Waals surface area contributed by atoms with E-state index in [2.05, 4.69) is 35.8 Å². The Bertz CT molecular complexity index is 1310. The van der Waals surface area contributed by atoms with Gasteiger partial charge in [-0.15, -0.1) is 0 Å². The third kappa shape index (κ3) is 5.74. The first kappa shape index (κ1) is 27.7. The minimum Gasteiger partial charge on any atom is -0.490 e. The van der Waals surface area contributed by atoms with Crippen molar-refractivity contribution in [2.75, 3.05) is 26.9 Å². The van der Waals surface area contributed by atoms with Gasteiger partial charge in [-0.1, -0.05) is 48.0 Å². The molecule has 1 heterocycles. The van der Waals surface area contributed by atoms with Crippen LogP contribution in [0.3, 0.4) is 0 Å². The minimum atomic E-state index is -0.572. The molecule has 38 heavy (non-hydrogen) atoms. The standard InChI is InChI=1S/C30H34BrN3O4/c1-5-37-26-14-20(8-11-25(26)38-18-19-6-9-21(31)10-7-19)27-22(17-32)29(33)34(12-13-36-4)23-15-30(2,3)16-24(35)28(23)27/h6-11,14,27H,5,12-13,15-16,18,33H2,1-4H3/t27-/m0/s1. The Morgan fingerprint density at radius 2 is 1.87 bits per heavy atom. The van der Waals surface area contributed by atoms with Crippen LogP contribution in [0.5, 0.6) is 11.5 Å². The molecule has 0 unspecified atom stereocenters. The Kier molecular flexibility index (Phi) is 8.49. The van der Waals surface area contributed by atoms with Crippen LogP contribution in [0.1, 0.15) is 50.7 Å². The van der Waals surface area contributed by atoms with Gasteiger partial charge in [0.15, 0.2) is 17.3 Å². The number of hydrogen-bond acceptors (Lipinski definition) is 7. The van der Waals surface area contributed by atoms with Gasteiger partial charge in [0.05, 0.1) is 30.8 Å². The van der Waals surface area contributed by atoms with Crippen LogP contribution in [0.15, 0.2) is 69.6 Å². The minimum absolute atomic E-state index is 0.0393. The maximum absolute atomic E-state index is 13.6. The lowest BCUT2D eigenvalue weighted by Crippen LogP contribution is -2.43. The number of Topliss-reactive ketones (excluding diaryl/α,β-unsaturated/α-hetero) is 1. The van der Waals surface area contributed by atoms with E-state index in [1.807, 2.05) is 54.3 Å². The highest BCUT2D eigenvalue weighted by molar-refractivity contribution is 9.10. The average molecular weight is 581 g/mol. The molecule has 200 valence electrons. The summed E-state index contributed by atoms with van der Waals surface area (Å²) in [5, 5.41) is 10.2. The lowest BCUT2D eigenvalue weighted by atomic mass is 9.68. The number of halogens is 1. The van der Waals surface area contributed by atoms with Crippen molar-refractivity contribution < 1.29 is 19.0 Å². The van der Waals surface area contributed by atoms with Crippen molar-refractivity contribution in [3.8, 4) is 17.6 Å². The van der Waals surface area contributed by atoms with Crippen LogP contribution in [0.2, 0.25) is 0 Å². The van der Waals surface area contributed by atoms with Crippen molar-refractivity contribution in [1.82, 2.24) is 4.90 Å². The van der Waals surface area contributed by atoms with E-state index in [0.717, 1.165) is 21.3 Å². The van der Waals surface area contributed by atoms with Crippen LogP contribution in [0.4, 0.5) is 0 Å². The molecule has 0 bridgehead atoms. The smallest absolute Gasteiger partial charge is 0.162 e. The number of carbonyl (C=O) groups excluding carboxylic acids is 1. The molecule has 0 aromatic heterocycles. The zero-order valence-corrected chi connectivity index (χ0v) is 23.9. The second-order valence-electron chi connectivity index (χ2n) is 10.3. The van der Waals surface area contributed by atoms with Gasteiger partial charge in [0, 0.05) is 35.8 Å². The zero-order chi connectivity index (χ0) is 27.4. The molecule has 0 radical (unpaired) electrons. The number of benzene rings is 2. The van der Waals surface area contributed by atoms with Crippen molar-refractivity contribution in [2.45, 2.75) is 46.1 Å². The molecule has 0 saturated carbocycles. The third-order valence-corrected chi connectivity index (χ3v) is 7.44. The SMILES string of the molecule is CCOc1cc([C@H]2C(C#N)=C(N)N(CCOC)C3=C2C(=O)CC(C)(C)C3)ccc1OCc1ccc(Br)cc1. The highest BCUT2D eigenvalue weighted by atomic mass is 79.9. The molecular formula is C30H34BrN3O4. The average Bonchev–Trinajstić information content (AvgIpc) is 2.87. The van der Waals surface area contributed by atoms with Gasteiger partial charge in [-0.25, -0.2) is 0 Å². The predicted octanol–water partition coefficient (Wildman–Crippen LogP) is 5.81. The first-order valence-electron chi connectivity index (χ1n) is 12.8. The normalized spacial score (nSPS) is 18.8. The second kappa shape index (κ2) is 11.6. The van der Waals surface area contributed by atoms with Crippen LogP contribution in [0.25, 0.3) is 0 Å². The first-order valence-corrected chi connectivity index (χ1v) is 13.5. The van der Waals surface area contributed by atoms with Gasteiger partial charge >= 0.3 is 0 Å². The third-order valence-electron chi connectivity index (χ3n) is 6.91. The van der Waals surface area contributed by atoms with E-state index in [-0.39, 0.29) is 11.2 Å². The lowest BCUT2D eigenvalue weighted by Gasteiger charge is -2.43. The number of methoxy groups -OCH3 is 1. The summed E-state index contributed by atoms with van der Waals surface area (Å²) in [6.07, 6.45) is 1.09. The first-order chi connectivity index (χ1) is 18.2. The number of ether oxygens (including phenoxy) is 3. The van der Waals surface area contributed by atoms with Crippen molar-refractivity contribution in [2.24, 2.45) is 11.1 Å². The molecule has 0 spiro atoms. The monoisotopic (exact) mass is 579 g/mol. The van der Waals surface area contributed by atoms with Gasteiger partial charge in [-0.2, -0.15) is 5.26 Å². The van der Waals surface area contributed by atoms with Crippen LogP contribution in [-0.4, -0.2) is 37.6 Å². The summed E-state index contributed by atoms with van der Waals surface area (Å²) < 4.78 is 18.4. The maximum atomic E-state index is 13.6. The number of nitrogens with two attached hydrogens (primary N) is 1. The van der Waals surface area contributed by atoms with Gasteiger partial charge in [0.2, 0.25) is 0 Å². The van der Waals surface area contributed by atoms with Crippen molar-refractivity contribution in [3.05, 3.63) is 80.7 Å². The van der Waals surface area contributed by atoms with Gasteiger partial charge < -0.3 is 24.8 Å². The molecule has 8 heteroatoms. The summed E-state index contributed by atoms with van der Waals surface area (Å²) in [5.74, 6) is 0.990. The summed E-state index contributed by atoms with van der Waals surface area (Å²) >= 11 is 3.45. The van der Waals surface area contributed by atoms with Crippen LogP contribution in [0, 0.1) is 16.7 Å². The molecule has 0 saturated heterocycles. The van der Waals surface area contributed by atoms with Gasteiger partial charge in [-0.3, -0.25) is 4.79 Å². The number of ketones is 1. The van der Waals surface area contributed by atoms with E-state index in [4.69, 9.17) is 19.9 Å². The van der Waals surface area contributed by atoms with Crippen LogP contribution < -0.4 is 15.2 Å². The van der Waals surface area contributed by atoms with Crippen molar-refractivity contribution >= 4 is 21.7 Å². The molecule has 1 aliphatic carbocycles. The molecule has 2 aromatic carbocycles. The Labute approximate surface area is 233 Å². The molecule has 1 aliphatic heterocycles. The van der Waals surface area contributed by atoms with Gasteiger partial charge in [-0.05, 0) is 54.2 Å². The molecule has 2 aromatic rings. The highest BCUT2D eigenvalue weighted by Crippen LogP contribution is 2.49. The topological polar surface area (TPSA) is 97.8 Å². The molecule has 4 rings (SSSR count). The summed E-state index contributed by atoms with van der Waals surface area (Å²) in [4.78, 5) is 15.5.